The van der Waals surface area contributed by atoms with Crippen molar-refractivity contribution in [3.8, 4) is 0 Å². The van der Waals surface area contributed by atoms with Gasteiger partial charge in [0.1, 0.15) is 0 Å². The summed E-state index contributed by atoms with van der Waals surface area (Å²) in [4.78, 5) is 14.7. The Bertz CT molecular complexity index is 430. The maximum Gasteiger partial charge on any atom is 0.237 e. The summed E-state index contributed by atoms with van der Waals surface area (Å²) < 4.78 is 0. The van der Waals surface area contributed by atoms with Gasteiger partial charge in [-0.25, -0.2) is 0 Å². The lowest BCUT2D eigenvalue weighted by atomic mass is 10.0. The van der Waals surface area contributed by atoms with Crippen LogP contribution in [0.5, 0.6) is 0 Å². The molecule has 1 saturated heterocycles. The highest BCUT2D eigenvalue weighted by Crippen LogP contribution is 2.19. The van der Waals surface area contributed by atoms with Gasteiger partial charge in [-0.15, -0.1) is 0 Å². The Morgan fingerprint density at radius 2 is 2.00 bits per heavy atom. The second-order valence-electron chi connectivity index (χ2n) is 6.41. The summed E-state index contributed by atoms with van der Waals surface area (Å²) >= 11 is 0. The zero-order valence-electron chi connectivity index (χ0n) is 12.8. The van der Waals surface area contributed by atoms with E-state index in [9.17, 15) is 4.79 Å². The van der Waals surface area contributed by atoms with Crippen molar-refractivity contribution < 1.29 is 4.79 Å². The van der Waals surface area contributed by atoms with Crippen LogP contribution in [0.2, 0.25) is 0 Å². The molecule has 0 bridgehead atoms. The molecule has 0 spiro atoms. The summed E-state index contributed by atoms with van der Waals surface area (Å²) in [6.45, 7) is 9.19. The maximum atomic E-state index is 12.3. The number of benzene rings is 1. The predicted molar refractivity (Wildman–Crippen MR) is 82.3 cm³/mol. The highest BCUT2D eigenvalue weighted by atomic mass is 16.2. The van der Waals surface area contributed by atoms with Gasteiger partial charge in [-0.05, 0) is 23.8 Å². The minimum absolute atomic E-state index is 0.000145. The Balaban J connectivity index is 2.16. The van der Waals surface area contributed by atoms with Crippen molar-refractivity contribution in [3.63, 3.8) is 0 Å². The topological polar surface area (TPSA) is 32.3 Å². The molecule has 0 radical (unpaired) electrons. The molecule has 0 saturated carbocycles. The SMILES string of the molecule is CC(C)C[C@H]1C(=O)NC[C@H](C)CN1Cc1ccccc1. The summed E-state index contributed by atoms with van der Waals surface area (Å²) in [7, 11) is 0. The van der Waals surface area contributed by atoms with Gasteiger partial charge in [0.05, 0.1) is 6.04 Å². The Hall–Kier alpha value is -1.35. The first-order valence-corrected chi connectivity index (χ1v) is 7.62. The number of carbonyl (C=O) groups is 1. The van der Waals surface area contributed by atoms with Gasteiger partial charge in [-0.2, -0.15) is 0 Å². The molecule has 1 fully saturated rings. The molecule has 3 heteroatoms. The van der Waals surface area contributed by atoms with Crippen molar-refractivity contribution in [1.82, 2.24) is 10.2 Å². The average molecular weight is 274 g/mol. The van der Waals surface area contributed by atoms with Gasteiger partial charge in [0.15, 0.2) is 0 Å². The highest BCUT2D eigenvalue weighted by Gasteiger charge is 2.30. The summed E-state index contributed by atoms with van der Waals surface area (Å²) in [6.07, 6.45) is 0.922. The smallest absolute Gasteiger partial charge is 0.237 e. The third kappa shape index (κ3) is 4.07. The minimum atomic E-state index is 0.000145. The normalized spacial score (nSPS) is 24.5. The second kappa shape index (κ2) is 6.89. The molecule has 3 nitrogen and oxygen atoms in total. The fourth-order valence-corrected chi connectivity index (χ4v) is 2.85. The Labute approximate surface area is 122 Å². The van der Waals surface area contributed by atoms with Crippen LogP contribution in [-0.4, -0.2) is 29.9 Å². The van der Waals surface area contributed by atoms with E-state index in [1.807, 2.05) is 6.07 Å². The first-order chi connectivity index (χ1) is 9.56. The molecule has 1 N–H and O–H groups in total. The molecular formula is C17H26N2O. The lowest BCUT2D eigenvalue weighted by Gasteiger charge is -2.30. The van der Waals surface area contributed by atoms with Crippen LogP contribution in [-0.2, 0) is 11.3 Å². The number of carbonyl (C=O) groups excluding carboxylic acids is 1. The van der Waals surface area contributed by atoms with Crippen molar-refractivity contribution in [2.75, 3.05) is 13.1 Å². The molecule has 1 aromatic rings. The molecular weight excluding hydrogens is 248 g/mol. The van der Waals surface area contributed by atoms with Crippen molar-refractivity contribution in [2.45, 2.75) is 39.8 Å². The first-order valence-electron chi connectivity index (χ1n) is 7.62. The van der Waals surface area contributed by atoms with E-state index in [0.717, 1.165) is 26.1 Å². The van der Waals surface area contributed by atoms with Gasteiger partial charge in [0, 0.05) is 19.6 Å². The van der Waals surface area contributed by atoms with Gasteiger partial charge in [0.25, 0.3) is 0 Å². The van der Waals surface area contributed by atoms with Crippen LogP contribution in [0.4, 0.5) is 0 Å². The van der Waals surface area contributed by atoms with Crippen LogP contribution < -0.4 is 5.32 Å². The van der Waals surface area contributed by atoms with E-state index >= 15 is 0 Å². The Morgan fingerprint density at radius 3 is 2.65 bits per heavy atom. The molecule has 1 amide bonds. The summed E-state index contributed by atoms with van der Waals surface area (Å²) in [5.74, 6) is 1.22. The Kier molecular flexibility index (Phi) is 5.18. The zero-order valence-corrected chi connectivity index (χ0v) is 12.8. The lowest BCUT2D eigenvalue weighted by Crippen LogP contribution is -2.44. The average Bonchev–Trinajstić information content (AvgIpc) is 2.53. The van der Waals surface area contributed by atoms with E-state index in [4.69, 9.17) is 0 Å². The molecule has 20 heavy (non-hydrogen) atoms. The summed E-state index contributed by atoms with van der Waals surface area (Å²) in [5, 5.41) is 3.08. The molecule has 0 unspecified atom stereocenters. The third-order valence-corrected chi connectivity index (χ3v) is 3.84. The van der Waals surface area contributed by atoms with E-state index in [1.54, 1.807) is 0 Å². The van der Waals surface area contributed by atoms with Crippen LogP contribution in [0.3, 0.4) is 0 Å². The van der Waals surface area contributed by atoms with Gasteiger partial charge >= 0.3 is 0 Å². The van der Waals surface area contributed by atoms with Crippen LogP contribution in [0.15, 0.2) is 30.3 Å². The van der Waals surface area contributed by atoms with E-state index in [0.29, 0.717) is 11.8 Å². The van der Waals surface area contributed by atoms with Crippen LogP contribution >= 0.6 is 0 Å². The number of hydrogen-bond donors (Lipinski definition) is 1. The van der Waals surface area contributed by atoms with Crippen molar-refractivity contribution in [2.24, 2.45) is 11.8 Å². The van der Waals surface area contributed by atoms with E-state index in [-0.39, 0.29) is 11.9 Å². The summed E-state index contributed by atoms with van der Waals surface area (Å²) in [5.41, 5.74) is 1.28. The standard InChI is InChI=1S/C17H26N2O/c1-13(2)9-16-17(20)18-10-14(3)11-19(16)12-15-7-5-4-6-8-15/h4-8,13-14,16H,9-12H2,1-3H3,(H,18,20)/t14-,16-/m0/s1. The molecule has 1 aliphatic heterocycles. The Morgan fingerprint density at radius 1 is 1.30 bits per heavy atom. The molecule has 110 valence electrons. The zero-order chi connectivity index (χ0) is 14.5. The third-order valence-electron chi connectivity index (χ3n) is 3.84. The molecule has 2 atom stereocenters. The molecule has 0 aromatic heterocycles. The van der Waals surface area contributed by atoms with E-state index < -0.39 is 0 Å². The number of rotatable bonds is 4. The molecule has 1 aromatic carbocycles. The van der Waals surface area contributed by atoms with Crippen molar-refractivity contribution in [3.05, 3.63) is 35.9 Å². The van der Waals surface area contributed by atoms with Gasteiger partial charge < -0.3 is 5.32 Å². The van der Waals surface area contributed by atoms with Crippen LogP contribution in [0.25, 0.3) is 0 Å². The minimum Gasteiger partial charge on any atom is -0.354 e. The molecule has 2 rings (SSSR count). The summed E-state index contributed by atoms with van der Waals surface area (Å²) in [6, 6.07) is 10.4. The second-order valence-corrected chi connectivity index (χ2v) is 6.41. The van der Waals surface area contributed by atoms with Gasteiger partial charge in [-0.1, -0.05) is 51.1 Å². The fraction of sp³-hybridized carbons (Fsp3) is 0.588. The van der Waals surface area contributed by atoms with E-state index in [1.165, 1.54) is 5.56 Å². The number of amides is 1. The van der Waals surface area contributed by atoms with Crippen LogP contribution in [0, 0.1) is 11.8 Å². The quantitative estimate of drug-likeness (QED) is 0.915. The number of hydrogen-bond acceptors (Lipinski definition) is 2. The number of nitrogens with one attached hydrogen (secondary N) is 1. The largest absolute Gasteiger partial charge is 0.354 e. The predicted octanol–water partition coefficient (Wildman–Crippen LogP) is 2.67. The monoisotopic (exact) mass is 274 g/mol. The highest BCUT2D eigenvalue weighted by molar-refractivity contribution is 5.82. The maximum absolute atomic E-state index is 12.3. The van der Waals surface area contributed by atoms with E-state index in [2.05, 4.69) is 55.3 Å². The lowest BCUT2D eigenvalue weighted by molar-refractivity contribution is -0.126. The van der Waals surface area contributed by atoms with Crippen molar-refractivity contribution in [1.29, 1.82) is 0 Å². The van der Waals surface area contributed by atoms with Crippen LogP contribution in [0.1, 0.15) is 32.8 Å². The molecule has 1 heterocycles. The van der Waals surface area contributed by atoms with Gasteiger partial charge in [0.2, 0.25) is 5.91 Å². The fourth-order valence-electron chi connectivity index (χ4n) is 2.85. The first kappa shape index (κ1) is 15.0. The van der Waals surface area contributed by atoms with Crippen molar-refractivity contribution >= 4 is 5.91 Å². The number of nitrogens with zero attached hydrogens (tertiary/aromatic N) is 1. The molecule has 0 aliphatic carbocycles. The molecule has 1 aliphatic rings. The van der Waals surface area contributed by atoms with Gasteiger partial charge in [-0.3, -0.25) is 9.69 Å².